The molecule has 0 spiro atoms. The molecule has 2 N–H and O–H groups in total. The van der Waals surface area contributed by atoms with E-state index in [0.717, 1.165) is 25.7 Å². The van der Waals surface area contributed by atoms with Crippen LogP contribution in [-0.2, 0) is 0 Å². The van der Waals surface area contributed by atoms with Gasteiger partial charge in [-0.2, -0.15) is 0 Å². The van der Waals surface area contributed by atoms with Crippen molar-refractivity contribution in [2.45, 2.75) is 24.9 Å². The van der Waals surface area contributed by atoms with Crippen LogP contribution in [0.15, 0.2) is 18.2 Å². The van der Waals surface area contributed by atoms with Gasteiger partial charge in [-0.1, -0.05) is 0 Å². The molecule has 3 rings (SSSR count). The molecule has 0 amide bonds. The minimum atomic E-state index is -0.530. The van der Waals surface area contributed by atoms with E-state index in [1.807, 2.05) is 0 Å². The summed E-state index contributed by atoms with van der Waals surface area (Å²) in [7, 11) is 0. The molecule has 20 heavy (non-hydrogen) atoms. The third kappa shape index (κ3) is 2.71. The molecule has 0 aliphatic carbocycles. The standard InChI is InChI=1S/C15H21F2N3/c16-12-6-11(7-13(17)8-12)15(9-18)20-5-4-19-3-1-2-14(19)10-20/h6-8,14-15H,1-5,9-10,18H2. The molecule has 3 nitrogen and oxygen atoms in total. The molecule has 2 aliphatic heterocycles. The summed E-state index contributed by atoms with van der Waals surface area (Å²) in [5.74, 6) is -1.06. The zero-order valence-electron chi connectivity index (χ0n) is 11.6. The lowest BCUT2D eigenvalue weighted by Crippen LogP contribution is -2.52. The fourth-order valence-corrected chi connectivity index (χ4v) is 3.56. The zero-order chi connectivity index (χ0) is 14.1. The van der Waals surface area contributed by atoms with E-state index < -0.39 is 11.6 Å². The molecule has 1 aromatic carbocycles. The van der Waals surface area contributed by atoms with Gasteiger partial charge in [0.25, 0.3) is 0 Å². The van der Waals surface area contributed by atoms with Gasteiger partial charge in [-0.05, 0) is 37.1 Å². The molecule has 0 radical (unpaired) electrons. The van der Waals surface area contributed by atoms with Crippen LogP contribution in [0.3, 0.4) is 0 Å². The van der Waals surface area contributed by atoms with Gasteiger partial charge in [0.15, 0.2) is 0 Å². The lowest BCUT2D eigenvalue weighted by molar-refractivity contribution is 0.0735. The third-order valence-electron chi connectivity index (χ3n) is 4.55. The highest BCUT2D eigenvalue weighted by atomic mass is 19.1. The van der Waals surface area contributed by atoms with Crippen LogP contribution in [0.1, 0.15) is 24.4 Å². The van der Waals surface area contributed by atoms with Crippen LogP contribution in [-0.4, -0.2) is 48.6 Å². The van der Waals surface area contributed by atoms with Crippen molar-refractivity contribution in [3.8, 4) is 0 Å². The van der Waals surface area contributed by atoms with Gasteiger partial charge in [0.1, 0.15) is 11.6 Å². The van der Waals surface area contributed by atoms with E-state index in [-0.39, 0.29) is 6.04 Å². The van der Waals surface area contributed by atoms with E-state index >= 15 is 0 Å². The molecule has 2 unspecified atom stereocenters. The molecule has 2 heterocycles. The van der Waals surface area contributed by atoms with Gasteiger partial charge >= 0.3 is 0 Å². The number of piperazine rings is 1. The summed E-state index contributed by atoms with van der Waals surface area (Å²) >= 11 is 0. The first-order valence-corrected chi connectivity index (χ1v) is 7.31. The summed E-state index contributed by atoms with van der Waals surface area (Å²) in [5.41, 5.74) is 6.52. The van der Waals surface area contributed by atoms with Crippen molar-refractivity contribution in [1.29, 1.82) is 0 Å². The highest BCUT2D eigenvalue weighted by Crippen LogP contribution is 2.28. The summed E-state index contributed by atoms with van der Waals surface area (Å²) in [4.78, 5) is 4.79. The fourth-order valence-electron chi connectivity index (χ4n) is 3.56. The van der Waals surface area contributed by atoms with E-state index in [2.05, 4.69) is 9.80 Å². The smallest absolute Gasteiger partial charge is 0.126 e. The molecule has 0 bridgehead atoms. The van der Waals surface area contributed by atoms with Crippen molar-refractivity contribution >= 4 is 0 Å². The minimum Gasteiger partial charge on any atom is -0.329 e. The summed E-state index contributed by atoms with van der Waals surface area (Å²) in [6.45, 7) is 4.45. The molecule has 2 fully saturated rings. The number of benzene rings is 1. The van der Waals surface area contributed by atoms with E-state index in [9.17, 15) is 8.78 Å². The van der Waals surface area contributed by atoms with Crippen molar-refractivity contribution in [1.82, 2.24) is 9.80 Å². The second-order valence-electron chi connectivity index (χ2n) is 5.78. The van der Waals surface area contributed by atoms with Crippen molar-refractivity contribution in [3.63, 3.8) is 0 Å². The molecule has 2 saturated heterocycles. The first-order chi connectivity index (χ1) is 9.67. The largest absolute Gasteiger partial charge is 0.329 e. The van der Waals surface area contributed by atoms with E-state index in [1.54, 1.807) is 0 Å². The highest BCUT2D eigenvalue weighted by molar-refractivity contribution is 5.22. The van der Waals surface area contributed by atoms with Gasteiger partial charge in [0.05, 0.1) is 0 Å². The van der Waals surface area contributed by atoms with E-state index in [1.165, 1.54) is 31.5 Å². The lowest BCUT2D eigenvalue weighted by Gasteiger charge is -2.41. The predicted octanol–water partition coefficient (Wildman–Crippen LogP) is 1.74. The second kappa shape index (κ2) is 5.76. The van der Waals surface area contributed by atoms with E-state index in [4.69, 9.17) is 5.73 Å². The number of halogens is 2. The third-order valence-corrected chi connectivity index (χ3v) is 4.55. The van der Waals surface area contributed by atoms with Crippen molar-refractivity contribution in [2.75, 3.05) is 32.7 Å². The number of fused-ring (bicyclic) bond motifs is 1. The Labute approximate surface area is 118 Å². The first kappa shape index (κ1) is 13.9. The topological polar surface area (TPSA) is 32.5 Å². The van der Waals surface area contributed by atoms with Gasteiger partial charge < -0.3 is 5.73 Å². The van der Waals surface area contributed by atoms with Crippen LogP contribution < -0.4 is 5.73 Å². The molecule has 0 saturated carbocycles. The second-order valence-corrected chi connectivity index (χ2v) is 5.78. The molecule has 2 aliphatic rings. The Morgan fingerprint density at radius 1 is 1.15 bits per heavy atom. The Morgan fingerprint density at radius 3 is 2.60 bits per heavy atom. The van der Waals surface area contributed by atoms with Crippen molar-refractivity contribution in [3.05, 3.63) is 35.4 Å². The Hall–Kier alpha value is -1.04. The van der Waals surface area contributed by atoms with Crippen LogP contribution >= 0.6 is 0 Å². The molecular formula is C15H21F2N3. The molecule has 110 valence electrons. The fraction of sp³-hybridized carbons (Fsp3) is 0.600. The Balaban J connectivity index is 1.79. The number of nitrogens with two attached hydrogens (primary N) is 1. The van der Waals surface area contributed by atoms with Gasteiger partial charge in [-0.25, -0.2) is 8.78 Å². The molecule has 5 heteroatoms. The Kier molecular flexibility index (Phi) is 4.01. The van der Waals surface area contributed by atoms with Crippen molar-refractivity contribution in [2.24, 2.45) is 5.73 Å². The normalized spacial score (nSPS) is 25.6. The molecule has 2 atom stereocenters. The SMILES string of the molecule is NCC(c1cc(F)cc(F)c1)N1CCN2CCCC2C1. The molecule has 1 aromatic rings. The van der Waals surface area contributed by atoms with Crippen LogP contribution in [0.25, 0.3) is 0 Å². The summed E-state index contributed by atoms with van der Waals surface area (Å²) in [6.07, 6.45) is 2.46. The average Bonchev–Trinajstić information content (AvgIpc) is 2.86. The number of nitrogens with zero attached hydrogens (tertiary/aromatic N) is 2. The number of hydrogen-bond acceptors (Lipinski definition) is 3. The van der Waals surface area contributed by atoms with Crippen LogP contribution in [0.4, 0.5) is 8.78 Å². The minimum absolute atomic E-state index is 0.0945. The monoisotopic (exact) mass is 281 g/mol. The summed E-state index contributed by atoms with van der Waals surface area (Å²) in [6, 6.07) is 4.20. The molecular weight excluding hydrogens is 260 g/mol. The maximum atomic E-state index is 13.4. The summed E-state index contributed by atoms with van der Waals surface area (Å²) < 4.78 is 26.8. The zero-order valence-corrected chi connectivity index (χ0v) is 11.6. The number of rotatable bonds is 3. The Morgan fingerprint density at radius 2 is 1.90 bits per heavy atom. The Bertz CT molecular complexity index is 460. The van der Waals surface area contributed by atoms with Gasteiger partial charge in [-0.15, -0.1) is 0 Å². The summed E-state index contributed by atoms with van der Waals surface area (Å²) in [5, 5.41) is 0. The van der Waals surface area contributed by atoms with Crippen LogP contribution in [0, 0.1) is 11.6 Å². The maximum Gasteiger partial charge on any atom is 0.126 e. The predicted molar refractivity (Wildman–Crippen MR) is 74.3 cm³/mol. The van der Waals surface area contributed by atoms with Gasteiger partial charge in [0, 0.05) is 44.3 Å². The van der Waals surface area contributed by atoms with Gasteiger partial charge in [-0.3, -0.25) is 9.80 Å². The van der Waals surface area contributed by atoms with E-state index in [0.29, 0.717) is 18.2 Å². The highest BCUT2D eigenvalue weighted by Gasteiger charge is 2.33. The van der Waals surface area contributed by atoms with Crippen LogP contribution in [0.5, 0.6) is 0 Å². The van der Waals surface area contributed by atoms with Crippen LogP contribution in [0.2, 0.25) is 0 Å². The molecule has 0 aromatic heterocycles. The quantitative estimate of drug-likeness (QED) is 0.916. The average molecular weight is 281 g/mol. The van der Waals surface area contributed by atoms with Gasteiger partial charge in [0.2, 0.25) is 0 Å². The number of hydrogen-bond donors (Lipinski definition) is 1. The van der Waals surface area contributed by atoms with Crippen molar-refractivity contribution < 1.29 is 8.78 Å². The lowest BCUT2D eigenvalue weighted by atomic mass is 10.0. The first-order valence-electron chi connectivity index (χ1n) is 7.31. The maximum absolute atomic E-state index is 13.4.